The maximum absolute atomic E-state index is 12.0. The first-order valence-corrected chi connectivity index (χ1v) is 8.43. The zero-order valence-electron chi connectivity index (χ0n) is 14.3. The second-order valence-electron chi connectivity index (χ2n) is 6.22. The standard InChI is InChI=1S/C19H25NO4/c1-13-8-9-16(17(21)12-13)19(23)24-14(2)18(22)20-11-10-15-6-4-3-5-7-15/h6,8-9,12,14,21H,3-5,7,10-11H2,1-2H3,(H,20,22)/t14-/m0/s1. The molecule has 0 aromatic heterocycles. The first-order chi connectivity index (χ1) is 11.5. The summed E-state index contributed by atoms with van der Waals surface area (Å²) in [6.07, 6.45) is 6.87. The fourth-order valence-corrected chi connectivity index (χ4v) is 2.71. The highest BCUT2D eigenvalue weighted by Gasteiger charge is 2.20. The molecular formula is C19H25NO4. The minimum absolute atomic E-state index is 0.0626. The number of hydrogen-bond donors (Lipinski definition) is 2. The Hall–Kier alpha value is -2.30. The number of benzene rings is 1. The Morgan fingerprint density at radius 3 is 2.79 bits per heavy atom. The molecule has 2 N–H and O–H groups in total. The van der Waals surface area contributed by atoms with Gasteiger partial charge in [0.05, 0.1) is 0 Å². The van der Waals surface area contributed by atoms with E-state index >= 15 is 0 Å². The van der Waals surface area contributed by atoms with E-state index in [2.05, 4.69) is 11.4 Å². The first-order valence-electron chi connectivity index (χ1n) is 8.43. The molecule has 1 aromatic carbocycles. The smallest absolute Gasteiger partial charge is 0.342 e. The van der Waals surface area contributed by atoms with Crippen molar-refractivity contribution in [2.45, 2.75) is 52.1 Å². The highest BCUT2D eigenvalue weighted by Crippen LogP contribution is 2.20. The number of phenols is 1. The van der Waals surface area contributed by atoms with E-state index in [0.717, 1.165) is 24.8 Å². The largest absolute Gasteiger partial charge is 0.507 e. The molecule has 0 unspecified atom stereocenters. The quantitative estimate of drug-likeness (QED) is 0.620. The Morgan fingerprint density at radius 1 is 1.33 bits per heavy atom. The predicted octanol–water partition coefficient (Wildman–Crippen LogP) is 3.25. The van der Waals surface area contributed by atoms with Gasteiger partial charge < -0.3 is 15.2 Å². The van der Waals surface area contributed by atoms with Crippen molar-refractivity contribution < 1.29 is 19.4 Å². The molecule has 5 heteroatoms. The zero-order valence-corrected chi connectivity index (χ0v) is 14.3. The van der Waals surface area contributed by atoms with Crippen LogP contribution < -0.4 is 5.32 Å². The lowest BCUT2D eigenvalue weighted by molar-refractivity contribution is -0.129. The molecule has 0 saturated carbocycles. The van der Waals surface area contributed by atoms with E-state index in [9.17, 15) is 14.7 Å². The van der Waals surface area contributed by atoms with E-state index in [1.807, 2.05) is 6.92 Å². The van der Waals surface area contributed by atoms with Crippen LogP contribution >= 0.6 is 0 Å². The Labute approximate surface area is 142 Å². The second kappa shape index (κ2) is 8.52. The SMILES string of the molecule is Cc1ccc(C(=O)O[C@@H](C)C(=O)NCCC2=CCCCC2)c(O)c1. The highest BCUT2D eigenvalue weighted by atomic mass is 16.5. The number of amides is 1. The average molecular weight is 331 g/mol. The zero-order chi connectivity index (χ0) is 17.5. The van der Waals surface area contributed by atoms with Crippen LogP contribution in [0, 0.1) is 6.92 Å². The Kier molecular flexibility index (Phi) is 6.41. The van der Waals surface area contributed by atoms with Crippen molar-refractivity contribution in [3.05, 3.63) is 41.0 Å². The molecule has 1 amide bonds. The maximum atomic E-state index is 12.0. The van der Waals surface area contributed by atoms with Gasteiger partial charge in [-0.3, -0.25) is 4.79 Å². The highest BCUT2D eigenvalue weighted by molar-refractivity contribution is 5.94. The van der Waals surface area contributed by atoms with Crippen LogP contribution in [0.1, 0.15) is 54.9 Å². The van der Waals surface area contributed by atoms with Crippen molar-refractivity contribution in [2.24, 2.45) is 0 Å². The minimum atomic E-state index is -0.904. The lowest BCUT2D eigenvalue weighted by atomic mass is 9.97. The van der Waals surface area contributed by atoms with E-state index < -0.39 is 12.1 Å². The second-order valence-corrected chi connectivity index (χ2v) is 6.22. The third-order valence-electron chi connectivity index (χ3n) is 4.16. The minimum Gasteiger partial charge on any atom is -0.507 e. The number of ether oxygens (including phenoxy) is 1. The Morgan fingerprint density at radius 2 is 2.12 bits per heavy atom. The van der Waals surface area contributed by atoms with Crippen molar-refractivity contribution >= 4 is 11.9 Å². The summed E-state index contributed by atoms with van der Waals surface area (Å²) in [6, 6.07) is 4.69. The monoisotopic (exact) mass is 331 g/mol. The van der Waals surface area contributed by atoms with Crippen molar-refractivity contribution in [1.82, 2.24) is 5.32 Å². The number of aryl methyl sites for hydroxylation is 1. The van der Waals surface area contributed by atoms with Crippen LogP contribution in [0.3, 0.4) is 0 Å². The molecule has 1 atom stereocenters. The van der Waals surface area contributed by atoms with E-state index in [0.29, 0.717) is 6.54 Å². The normalized spacial score (nSPS) is 15.3. The number of aromatic hydroxyl groups is 1. The molecule has 0 spiro atoms. The van der Waals surface area contributed by atoms with Gasteiger partial charge in [0.2, 0.25) is 0 Å². The molecule has 0 fully saturated rings. The van der Waals surface area contributed by atoms with E-state index in [4.69, 9.17) is 4.74 Å². The number of carbonyl (C=O) groups is 2. The van der Waals surface area contributed by atoms with Gasteiger partial charge in [0.15, 0.2) is 6.10 Å². The summed E-state index contributed by atoms with van der Waals surface area (Å²) in [4.78, 5) is 24.1. The number of carbonyl (C=O) groups excluding carboxylic acids is 2. The Bertz CT molecular complexity index is 636. The van der Waals surface area contributed by atoms with Gasteiger partial charge in [0.1, 0.15) is 11.3 Å². The van der Waals surface area contributed by atoms with E-state index in [1.165, 1.54) is 37.5 Å². The fourth-order valence-electron chi connectivity index (χ4n) is 2.71. The molecule has 2 rings (SSSR count). The topological polar surface area (TPSA) is 75.6 Å². The molecule has 0 bridgehead atoms. The number of hydrogen-bond acceptors (Lipinski definition) is 4. The van der Waals surface area contributed by atoms with Gasteiger partial charge in [-0.2, -0.15) is 0 Å². The van der Waals surface area contributed by atoms with Crippen LogP contribution in [0.4, 0.5) is 0 Å². The van der Waals surface area contributed by atoms with Crippen LogP contribution in [0.2, 0.25) is 0 Å². The Balaban J connectivity index is 1.80. The van der Waals surface area contributed by atoms with Crippen LogP contribution in [0.25, 0.3) is 0 Å². The molecule has 24 heavy (non-hydrogen) atoms. The van der Waals surface area contributed by atoms with Crippen LogP contribution in [0.5, 0.6) is 5.75 Å². The van der Waals surface area contributed by atoms with E-state index in [1.54, 1.807) is 6.07 Å². The molecule has 1 aromatic rings. The van der Waals surface area contributed by atoms with Crippen molar-refractivity contribution in [3.8, 4) is 5.75 Å². The average Bonchev–Trinajstić information content (AvgIpc) is 2.55. The number of nitrogens with one attached hydrogen (secondary N) is 1. The van der Waals surface area contributed by atoms with Crippen molar-refractivity contribution in [3.63, 3.8) is 0 Å². The first kappa shape index (κ1) is 18.0. The third-order valence-corrected chi connectivity index (χ3v) is 4.16. The number of phenolic OH excluding ortho intramolecular Hbond substituents is 1. The number of rotatable bonds is 6. The van der Waals surface area contributed by atoms with Crippen LogP contribution in [-0.2, 0) is 9.53 Å². The van der Waals surface area contributed by atoms with Gasteiger partial charge in [-0.05, 0) is 63.6 Å². The van der Waals surface area contributed by atoms with Crippen molar-refractivity contribution in [1.29, 1.82) is 0 Å². The molecule has 1 aliphatic carbocycles. The van der Waals surface area contributed by atoms with Crippen molar-refractivity contribution in [2.75, 3.05) is 6.54 Å². The molecule has 1 aliphatic rings. The lowest BCUT2D eigenvalue weighted by Crippen LogP contribution is -2.36. The molecule has 0 saturated heterocycles. The molecule has 0 heterocycles. The summed E-state index contributed by atoms with van der Waals surface area (Å²) in [6.45, 7) is 3.88. The van der Waals surface area contributed by atoms with Gasteiger partial charge in [-0.1, -0.05) is 17.7 Å². The van der Waals surface area contributed by atoms with Gasteiger partial charge in [0.25, 0.3) is 5.91 Å². The fraction of sp³-hybridized carbons (Fsp3) is 0.474. The van der Waals surface area contributed by atoms with Gasteiger partial charge >= 0.3 is 5.97 Å². The predicted molar refractivity (Wildman–Crippen MR) is 91.9 cm³/mol. The number of allylic oxidation sites excluding steroid dienone is 1. The number of esters is 1. The molecule has 5 nitrogen and oxygen atoms in total. The summed E-state index contributed by atoms with van der Waals surface area (Å²) >= 11 is 0. The molecule has 0 radical (unpaired) electrons. The lowest BCUT2D eigenvalue weighted by Gasteiger charge is -2.16. The van der Waals surface area contributed by atoms with Gasteiger partial charge in [-0.25, -0.2) is 4.79 Å². The van der Waals surface area contributed by atoms with Crippen LogP contribution in [0.15, 0.2) is 29.8 Å². The molecule has 130 valence electrons. The van der Waals surface area contributed by atoms with Gasteiger partial charge in [-0.15, -0.1) is 0 Å². The van der Waals surface area contributed by atoms with Crippen LogP contribution in [-0.4, -0.2) is 29.6 Å². The summed E-state index contributed by atoms with van der Waals surface area (Å²) in [5.41, 5.74) is 2.29. The maximum Gasteiger partial charge on any atom is 0.342 e. The van der Waals surface area contributed by atoms with Gasteiger partial charge in [0, 0.05) is 6.54 Å². The summed E-state index contributed by atoms with van der Waals surface area (Å²) in [5.74, 6) is -1.17. The third kappa shape index (κ3) is 5.11. The summed E-state index contributed by atoms with van der Waals surface area (Å²) in [7, 11) is 0. The van der Waals surface area contributed by atoms with E-state index in [-0.39, 0.29) is 17.2 Å². The molecular weight excluding hydrogens is 306 g/mol. The summed E-state index contributed by atoms with van der Waals surface area (Å²) in [5, 5.41) is 12.6. The molecule has 0 aliphatic heterocycles. The summed E-state index contributed by atoms with van der Waals surface area (Å²) < 4.78 is 5.14.